The van der Waals surface area contributed by atoms with Gasteiger partial charge in [0.05, 0.1) is 0 Å². The number of hydrogen-bond acceptors (Lipinski definition) is 8. The van der Waals surface area contributed by atoms with E-state index in [2.05, 4.69) is 25.1 Å². The highest BCUT2D eigenvalue weighted by Crippen LogP contribution is 2.29. The number of nitrogen functional groups attached to an aromatic ring is 2. The van der Waals surface area contributed by atoms with Crippen molar-refractivity contribution in [1.29, 1.82) is 0 Å². The molecule has 0 aromatic carbocycles. The fraction of sp³-hybridized carbons (Fsp3) is 0. The van der Waals surface area contributed by atoms with Crippen molar-refractivity contribution in [3.8, 4) is 0 Å². The summed E-state index contributed by atoms with van der Waals surface area (Å²) >= 11 is 12.4. The Balaban J connectivity index is 2.34. The van der Waals surface area contributed by atoms with Gasteiger partial charge in [-0.15, -0.1) is 10.2 Å². The second-order valence-electron chi connectivity index (χ2n) is 2.78. The SMILES string of the molecule is Nc1cc(N)nc(Sc2nc(Cl)nnc2Cl)n1. The summed E-state index contributed by atoms with van der Waals surface area (Å²) in [6.45, 7) is 0. The Bertz CT molecular complexity index is 544. The fourth-order valence-corrected chi connectivity index (χ4v) is 2.04. The fourth-order valence-electron chi connectivity index (χ4n) is 0.939. The van der Waals surface area contributed by atoms with Gasteiger partial charge in [-0.25, -0.2) is 15.0 Å². The molecule has 10 heteroatoms. The molecule has 0 aliphatic heterocycles. The van der Waals surface area contributed by atoms with Crippen LogP contribution in [0.2, 0.25) is 10.4 Å². The summed E-state index contributed by atoms with van der Waals surface area (Å²) < 4.78 is 0. The summed E-state index contributed by atoms with van der Waals surface area (Å²) in [5.41, 5.74) is 11.1. The lowest BCUT2D eigenvalue weighted by Gasteiger charge is -2.02. The Hall–Kier alpha value is -1.38. The third-order valence-electron chi connectivity index (χ3n) is 1.52. The van der Waals surface area contributed by atoms with Crippen molar-refractivity contribution in [2.75, 3.05) is 11.5 Å². The van der Waals surface area contributed by atoms with Crippen LogP contribution in [0.1, 0.15) is 0 Å². The van der Waals surface area contributed by atoms with Crippen LogP contribution in [0.4, 0.5) is 11.6 Å². The van der Waals surface area contributed by atoms with E-state index in [9.17, 15) is 0 Å². The second-order valence-corrected chi connectivity index (χ2v) is 4.43. The highest BCUT2D eigenvalue weighted by atomic mass is 35.5. The first-order valence-corrected chi connectivity index (χ1v) is 5.75. The average molecular weight is 290 g/mol. The first kappa shape index (κ1) is 12.1. The third-order valence-corrected chi connectivity index (χ3v) is 2.89. The summed E-state index contributed by atoms with van der Waals surface area (Å²) in [5, 5.41) is 7.80. The topological polar surface area (TPSA) is 116 Å². The molecule has 2 aromatic rings. The van der Waals surface area contributed by atoms with Gasteiger partial charge in [-0.05, 0) is 23.4 Å². The van der Waals surface area contributed by atoms with Gasteiger partial charge in [-0.1, -0.05) is 11.6 Å². The van der Waals surface area contributed by atoms with E-state index >= 15 is 0 Å². The van der Waals surface area contributed by atoms with Crippen molar-refractivity contribution in [2.24, 2.45) is 0 Å². The van der Waals surface area contributed by atoms with Gasteiger partial charge >= 0.3 is 0 Å². The molecule has 0 aliphatic carbocycles. The van der Waals surface area contributed by atoms with E-state index in [-0.39, 0.29) is 22.1 Å². The third kappa shape index (κ3) is 3.05. The van der Waals surface area contributed by atoms with Crippen LogP contribution in [0.3, 0.4) is 0 Å². The number of nitrogens with two attached hydrogens (primary N) is 2. The van der Waals surface area contributed by atoms with Gasteiger partial charge in [0.25, 0.3) is 0 Å². The van der Waals surface area contributed by atoms with Gasteiger partial charge in [0.15, 0.2) is 10.3 Å². The Labute approximate surface area is 110 Å². The van der Waals surface area contributed by atoms with Crippen LogP contribution in [0.5, 0.6) is 0 Å². The molecule has 2 aromatic heterocycles. The van der Waals surface area contributed by atoms with Crippen LogP contribution < -0.4 is 11.5 Å². The van der Waals surface area contributed by atoms with Gasteiger partial charge < -0.3 is 11.5 Å². The van der Waals surface area contributed by atoms with Crippen LogP contribution in [-0.2, 0) is 0 Å². The van der Waals surface area contributed by atoms with E-state index in [1.165, 1.54) is 6.07 Å². The summed E-state index contributed by atoms with van der Waals surface area (Å²) in [4.78, 5) is 11.8. The summed E-state index contributed by atoms with van der Waals surface area (Å²) in [7, 11) is 0. The van der Waals surface area contributed by atoms with Crippen molar-refractivity contribution in [3.05, 3.63) is 16.5 Å². The maximum atomic E-state index is 5.79. The predicted molar refractivity (Wildman–Crippen MR) is 64.8 cm³/mol. The average Bonchev–Trinajstić information content (AvgIpc) is 2.22. The predicted octanol–water partition coefficient (Wildman–Crippen LogP) is 1.28. The van der Waals surface area contributed by atoms with Gasteiger partial charge in [0.2, 0.25) is 5.28 Å². The quantitative estimate of drug-likeness (QED) is 0.794. The molecule has 0 atom stereocenters. The minimum Gasteiger partial charge on any atom is -0.383 e. The molecule has 0 aliphatic rings. The maximum absolute atomic E-state index is 5.79. The smallest absolute Gasteiger partial charge is 0.244 e. The molecule has 0 saturated heterocycles. The standard InChI is InChI=1S/C7H5Cl2N7S/c8-4-5(14-6(9)16-15-4)17-7-12-2(10)1-3(11)13-7/h1H,(H4,10,11,12,13). The number of hydrogen-bond donors (Lipinski definition) is 2. The summed E-state index contributed by atoms with van der Waals surface area (Å²) in [6, 6.07) is 1.44. The van der Waals surface area contributed by atoms with E-state index in [1.807, 2.05) is 0 Å². The highest BCUT2D eigenvalue weighted by molar-refractivity contribution is 7.99. The number of halogens is 2. The van der Waals surface area contributed by atoms with Crippen molar-refractivity contribution in [3.63, 3.8) is 0 Å². The molecule has 0 saturated carbocycles. The molecule has 0 fully saturated rings. The van der Waals surface area contributed by atoms with Crippen molar-refractivity contribution in [1.82, 2.24) is 25.1 Å². The van der Waals surface area contributed by atoms with Gasteiger partial charge in [-0.2, -0.15) is 0 Å². The first-order valence-electron chi connectivity index (χ1n) is 4.18. The highest BCUT2D eigenvalue weighted by Gasteiger charge is 2.11. The van der Waals surface area contributed by atoms with Crippen molar-refractivity contribution >= 4 is 46.6 Å². The molecule has 7 nitrogen and oxygen atoms in total. The van der Waals surface area contributed by atoms with Crippen LogP contribution in [0.25, 0.3) is 0 Å². The van der Waals surface area contributed by atoms with Gasteiger partial charge in [-0.3, -0.25) is 0 Å². The number of aromatic nitrogens is 5. The molecule has 0 amide bonds. The molecule has 88 valence electrons. The van der Waals surface area contributed by atoms with Crippen LogP contribution >= 0.6 is 35.0 Å². The lowest BCUT2D eigenvalue weighted by Crippen LogP contribution is -2.00. The Kier molecular flexibility index (Phi) is 3.46. The van der Waals surface area contributed by atoms with Gasteiger partial charge in [0, 0.05) is 6.07 Å². The number of rotatable bonds is 2. The van der Waals surface area contributed by atoms with Gasteiger partial charge in [0.1, 0.15) is 16.7 Å². The normalized spacial score (nSPS) is 10.5. The zero-order valence-corrected chi connectivity index (χ0v) is 10.5. The van der Waals surface area contributed by atoms with E-state index in [4.69, 9.17) is 34.7 Å². The molecule has 0 unspecified atom stereocenters. The van der Waals surface area contributed by atoms with E-state index < -0.39 is 0 Å². The minimum atomic E-state index is -0.0197. The first-order chi connectivity index (χ1) is 8.04. The number of anilines is 2. The van der Waals surface area contributed by atoms with E-state index in [0.717, 1.165) is 11.8 Å². The van der Waals surface area contributed by atoms with Crippen LogP contribution in [0, 0.1) is 0 Å². The summed E-state index contributed by atoms with van der Waals surface area (Å²) in [6.07, 6.45) is 0. The molecular weight excluding hydrogens is 285 g/mol. The minimum absolute atomic E-state index is 0.0197. The lowest BCUT2D eigenvalue weighted by molar-refractivity contribution is 0.897. The molecule has 0 spiro atoms. The molecule has 17 heavy (non-hydrogen) atoms. The zero-order chi connectivity index (χ0) is 12.4. The molecule has 0 bridgehead atoms. The zero-order valence-electron chi connectivity index (χ0n) is 8.13. The van der Waals surface area contributed by atoms with E-state index in [1.54, 1.807) is 0 Å². The maximum Gasteiger partial charge on any atom is 0.244 e. The lowest BCUT2D eigenvalue weighted by atomic mass is 10.5. The van der Waals surface area contributed by atoms with E-state index in [0.29, 0.717) is 10.2 Å². The second kappa shape index (κ2) is 4.86. The Morgan fingerprint density at radius 2 is 1.65 bits per heavy atom. The van der Waals surface area contributed by atoms with Crippen LogP contribution in [-0.4, -0.2) is 25.1 Å². The monoisotopic (exact) mass is 289 g/mol. The molecule has 4 N–H and O–H groups in total. The Morgan fingerprint density at radius 1 is 1.00 bits per heavy atom. The van der Waals surface area contributed by atoms with Crippen molar-refractivity contribution in [2.45, 2.75) is 10.2 Å². The van der Waals surface area contributed by atoms with Crippen LogP contribution in [0.15, 0.2) is 16.2 Å². The summed E-state index contributed by atoms with van der Waals surface area (Å²) in [5.74, 6) is 0.508. The molecule has 2 heterocycles. The molecule has 0 radical (unpaired) electrons. The van der Waals surface area contributed by atoms with Crippen molar-refractivity contribution < 1.29 is 0 Å². The molecule has 2 rings (SSSR count). The number of nitrogens with zero attached hydrogens (tertiary/aromatic N) is 5. The largest absolute Gasteiger partial charge is 0.383 e. The Morgan fingerprint density at radius 3 is 2.29 bits per heavy atom. The molecular formula is C7H5Cl2N7S.